The summed E-state index contributed by atoms with van der Waals surface area (Å²) in [5, 5.41) is 5.62. The largest absolute Gasteiger partial charge is 0.378 e. The highest BCUT2D eigenvalue weighted by atomic mass is 35.5. The van der Waals surface area contributed by atoms with Crippen LogP contribution in [0.5, 0.6) is 0 Å². The van der Waals surface area contributed by atoms with E-state index in [1.54, 1.807) is 0 Å². The Labute approximate surface area is 207 Å². The number of fused-ring (bicyclic) bond motifs is 2. The van der Waals surface area contributed by atoms with Crippen molar-refractivity contribution in [1.29, 1.82) is 0 Å². The highest BCUT2D eigenvalue weighted by Gasteiger charge is 2.15. The number of morpholine rings is 1. The lowest BCUT2D eigenvalue weighted by molar-refractivity contribution is 0.102. The molecule has 1 amide bonds. The van der Waals surface area contributed by atoms with Gasteiger partial charge in [0.1, 0.15) is 5.82 Å². The van der Waals surface area contributed by atoms with E-state index in [9.17, 15) is 4.79 Å². The Hall–Kier alpha value is -3.87. The van der Waals surface area contributed by atoms with Crippen LogP contribution in [0.3, 0.4) is 0 Å². The molecule has 1 aliphatic rings. The van der Waals surface area contributed by atoms with E-state index < -0.39 is 0 Å². The van der Waals surface area contributed by atoms with Gasteiger partial charge in [-0.2, -0.15) is 0 Å². The molecule has 0 bridgehead atoms. The summed E-state index contributed by atoms with van der Waals surface area (Å²) in [6.45, 7) is 3.19. The van der Waals surface area contributed by atoms with Gasteiger partial charge in [-0.3, -0.25) is 4.79 Å². The molecule has 35 heavy (non-hydrogen) atoms. The molecule has 1 fully saturated rings. The van der Waals surface area contributed by atoms with E-state index in [2.05, 4.69) is 32.3 Å². The van der Waals surface area contributed by atoms with E-state index >= 15 is 0 Å². The van der Waals surface area contributed by atoms with E-state index in [4.69, 9.17) is 16.3 Å². The molecule has 0 spiro atoms. The minimum atomic E-state index is -0.210. The van der Waals surface area contributed by atoms with Gasteiger partial charge in [0.15, 0.2) is 0 Å². The van der Waals surface area contributed by atoms with E-state index in [0.29, 0.717) is 16.4 Å². The number of aromatic amines is 1. The van der Waals surface area contributed by atoms with Crippen LogP contribution in [-0.4, -0.2) is 42.2 Å². The highest BCUT2D eigenvalue weighted by Crippen LogP contribution is 2.33. The number of benzene rings is 3. The lowest BCUT2D eigenvalue weighted by atomic mass is 10.1. The van der Waals surface area contributed by atoms with Gasteiger partial charge in [0.05, 0.1) is 23.8 Å². The molecule has 3 heterocycles. The predicted octanol–water partition coefficient (Wildman–Crippen LogP) is 6.13. The standard InChI is InChI=1S/C28H23ClN4O2/c29-23-17-21(33-11-13-35-14-12-33)8-9-22(23)26-15-19-5-6-20(16-25(19)30-26)28(34)32-27-10-7-18-3-1-2-4-24(18)31-27/h1-10,15-17,30H,11-14H2,(H,31,32,34). The third-order valence-electron chi connectivity index (χ3n) is 6.34. The fourth-order valence-electron chi connectivity index (χ4n) is 4.48. The third kappa shape index (κ3) is 4.34. The molecule has 0 radical (unpaired) electrons. The number of ether oxygens (including phenoxy) is 1. The average molecular weight is 483 g/mol. The highest BCUT2D eigenvalue weighted by molar-refractivity contribution is 6.33. The Morgan fingerprint density at radius 2 is 1.77 bits per heavy atom. The normalized spacial score (nSPS) is 13.9. The summed E-state index contributed by atoms with van der Waals surface area (Å²) >= 11 is 6.68. The number of carbonyl (C=O) groups excluding carboxylic acids is 1. The molecule has 7 heteroatoms. The Morgan fingerprint density at radius 1 is 0.943 bits per heavy atom. The molecule has 0 atom stereocenters. The Morgan fingerprint density at radius 3 is 2.63 bits per heavy atom. The summed E-state index contributed by atoms with van der Waals surface area (Å²) in [4.78, 5) is 23.1. The van der Waals surface area contributed by atoms with Gasteiger partial charge in [-0.25, -0.2) is 4.98 Å². The van der Waals surface area contributed by atoms with Crippen molar-refractivity contribution in [2.45, 2.75) is 0 Å². The number of para-hydroxylation sites is 1. The maximum Gasteiger partial charge on any atom is 0.256 e. The number of pyridine rings is 1. The number of carbonyl (C=O) groups is 1. The van der Waals surface area contributed by atoms with E-state index in [1.165, 1.54) is 0 Å². The monoisotopic (exact) mass is 482 g/mol. The first kappa shape index (κ1) is 21.6. The Balaban J connectivity index is 1.24. The second kappa shape index (κ2) is 9.06. The predicted molar refractivity (Wildman–Crippen MR) is 141 cm³/mol. The second-order valence-electron chi connectivity index (χ2n) is 8.59. The van der Waals surface area contributed by atoms with Crippen LogP contribution in [-0.2, 0) is 4.74 Å². The number of anilines is 2. The van der Waals surface area contributed by atoms with Gasteiger partial charge < -0.3 is 19.9 Å². The van der Waals surface area contributed by atoms with Crippen molar-refractivity contribution < 1.29 is 9.53 Å². The lowest BCUT2D eigenvalue weighted by Crippen LogP contribution is -2.36. The summed E-state index contributed by atoms with van der Waals surface area (Å²) < 4.78 is 5.44. The molecule has 3 aromatic carbocycles. The number of hydrogen-bond donors (Lipinski definition) is 2. The summed E-state index contributed by atoms with van der Waals surface area (Å²) in [5.74, 6) is 0.312. The van der Waals surface area contributed by atoms with E-state index in [0.717, 1.165) is 65.1 Å². The molecule has 2 N–H and O–H groups in total. The summed E-state index contributed by atoms with van der Waals surface area (Å²) in [6, 6.07) is 25.4. The molecule has 0 aliphatic carbocycles. The van der Waals surface area contributed by atoms with Crippen molar-refractivity contribution in [2.24, 2.45) is 0 Å². The molecular weight excluding hydrogens is 460 g/mol. The SMILES string of the molecule is O=C(Nc1ccc2ccccc2n1)c1ccc2cc(-c3ccc(N4CCOCC4)cc3Cl)[nH]c2c1. The van der Waals surface area contributed by atoms with Crippen LogP contribution < -0.4 is 10.2 Å². The van der Waals surface area contributed by atoms with E-state index in [-0.39, 0.29) is 5.91 Å². The average Bonchev–Trinajstić information content (AvgIpc) is 3.32. The summed E-state index contributed by atoms with van der Waals surface area (Å²) in [5.41, 5.74) is 5.19. The van der Waals surface area contributed by atoms with Gasteiger partial charge in [0.25, 0.3) is 5.91 Å². The van der Waals surface area contributed by atoms with Gasteiger partial charge in [-0.05, 0) is 54.6 Å². The minimum absolute atomic E-state index is 0.210. The number of rotatable bonds is 4. The van der Waals surface area contributed by atoms with Crippen molar-refractivity contribution in [3.05, 3.63) is 89.4 Å². The first-order valence-corrected chi connectivity index (χ1v) is 11.9. The third-order valence-corrected chi connectivity index (χ3v) is 6.66. The second-order valence-corrected chi connectivity index (χ2v) is 9.00. The van der Waals surface area contributed by atoms with Crippen LogP contribution in [0.2, 0.25) is 5.02 Å². The fraction of sp³-hybridized carbons (Fsp3) is 0.143. The molecule has 1 aliphatic heterocycles. The molecule has 6 rings (SSSR count). The van der Waals surface area contributed by atoms with Gasteiger partial charge in [-0.15, -0.1) is 0 Å². The van der Waals surface area contributed by atoms with Gasteiger partial charge in [0.2, 0.25) is 0 Å². The van der Waals surface area contributed by atoms with Gasteiger partial charge in [0, 0.05) is 51.9 Å². The van der Waals surface area contributed by atoms with Crippen LogP contribution >= 0.6 is 11.6 Å². The maximum atomic E-state index is 12.9. The summed E-state index contributed by atoms with van der Waals surface area (Å²) in [6.07, 6.45) is 0. The first-order valence-electron chi connectivity index (χ1n) is 11.6. The Bertz CT molecular complexity index is 1560. The van der Waals surface area contributed by atoms with Crippen molar-refractivity contribution in [1.82, 2.24) is 9.97 Å². The first-order chi connectivity index (χ1) is 17.1. The van der Waals surface area contributed by atoms with Crippen LogP contribution in [0.1, 0.15) is 10.4 Å². The minimum Gasteiger partial charge on any atom is -0.378 e. The number of aromatic nitrogens is 2. The van der Waals surface area contributed by atoms with E-state index in [1.807, 2.05) is 66.7 Å². The van der Waals surface area contributed by atoms with Crippen LogP contribution in [0.25, 0.3) is 33.1 Å². The molecule has 0 unspecified atom stereocenters. The molecule has 5 aromatic rings. The van der Waals surface area contributed by atoms with Crippen LogP contribution in [0.4, 0.5) is 11.5 Å². The number of nitrogens with zero attached hydrogens (tertiary/aromatic N) is 2. The maximum absolute atomic E-state index is 12.9. The molecule has 174 valence electrons. The number of halogens is 1. The number of nitrogens with one attached hydrogen (secondary N) is 2. The van der Waals surface area contributed by atoms with Crippen molar-refractivity contribution in [2.75, 3.05) is 36.5 Å². The van der Waals surface area contributed by atoms with Crippen LogP contribution in [0, 0.1) is 0 Å². The number of H-pyrrole nitrogens is 1. The van der Waals surface area contributed by atoms with Gasteiger partial charge >= 0.3 is 0 Å². The Kier molecular flexibility index (Phi) is 5.60. The molecule has 1 saturated heterocycles. The smallest absolute Gasteiger partial charge is 0.256 e. The van der Waals surface area contributed by atoms with Crippen molar-refractivity contribution in [3.8, 4) is 11.3 Å². The molecule has 2 aromatic heterocycles. The van der Waals surface area contributed by atoms with Crippen LogP contribution in [0.15, 0.2) is 78.9 Å². The van der Waals surface area contributed by atoms with Gasteiger partial charge in [-0.1, -0.05) is 35.9 Å². The zero-order valence-electron chi connectivity index (χ0n) is 18.9. The topological polar surface area (TPSA) is 70.2 Å². The van der Waals surface area contributed by atoms with Crippen molar-refractivity contribution >= 4 is 50.8 Å². The van der Waals surface area contributed by atoms with Crippen molar-refractivity contribution in [3.63, 3.8) is 0 Å². The molecule has 0 saturated carbocycles. The number of amides is 1. The fourth-order valence-corrected chi connectivity index (χ4v) is 4.75. The summed E-state index contributed by atoms with van der Waals surface area (Å²) in [7, 11) is 0. The quantitative estimate of drug-likeness (QED) is 0.323. The molecular formula is C28H23ClN4O2. The molecule has 6 nitrogen and oxygen atoms in total. The zero-order chi connectivity index (χ0) is 23.8. The zero-order valence-corrected chi connectivity index (χ0v) is 19.7. The lowest BCUT2D eigenvalue weighted by Gasteiger charge is -2.29. The number of hydrogen-bond acceptors (Lipinski definition) is 4.